The van der Waals surface area contributed by atoms with Crippen LogP contribution in [0.25, 0.3) is 21.9 Å². The lowest BCUT2D eigenvalue weighted by Gasteiger charge is -2.17. The first-order valence-corrected chi connectivity index (χ1v) is 11.2. The number of pyridine rings is 1. The predicted octanol–water partition coefficient (Wildman–Crippen LogP) is 6.30. The Morgan fingerprint density at radius 1 is 1.03 bits per heavy atom. The number of ether oxygens (including phenoxy) is 1. The van der Waals surface area contributed by atoms with Crippen LogP contribution in [0, 0.1) is 11.7 Å². The Kier molecular flexibility index (Phi) is 4.64. The van der Waals surface area contributed by atoms with Crippen molar-refractivity contribution in [3.63, 3.8) is 0 Å². The number of carbonyl (C=O) groups is 1. The van der Waals surface area contributed by atoms with Crippen molar-refractivity contribution in [2.75, 3.05) is 0 Å². The normalized spacial score (nSPS) is 21.1. The van der Waals surface area contributed by atoms with Crippen molar-refractivity contribution in [1.82, 2.24) is 4.98 Å². The first-order chi connectivity index (χ1) is 16.1. The number of benzene rings is 3. The summed E-state index contributed by atoms with van der Waals surface area (Å²) in [5.41, 5.74) is 4.77. The lowest BCUT2D eigenvalue weighted by Crippen LogP contribution is -2.06. The van der Waals surface area contributed by atoms with Gasteiger partial charge < -0.3 is 9.84 Å². The molecule has 4 aromatic rings. The highest BCUT2D eigenvalue weighted by molar-refractivity contribution is 5.97. The Balaban J connectivity index is 1.30. The van der Waals surface area contributed by atoms with Gasteiger partial charge in [0.25, 0.3) is 0 Å². The molecule has 2 aliphatic carbocycles. The monoisotopic (exact) mass is 439 g/mol. The molecule has 33 heavy (non-hydrogen) atoms. The van der Waals surface area contributed by atoms with E-state index in [9.17, 15) is 4.79 Å². The fraction of sp³-hybridized carbons (Fsp3) is 0.214. The van der Waals surface area contributed by atoms with Crippen LogP contribution in [-0.4, -0.2) is 16.1 Å². The van der Waals surface area contributed by atoms with E-state index in [2.05, 4.69) is 11.1 Å². The maximum Gasteiger partial charge on any atom is 0.307 e. The molecule has 0 bridgehead atoms. The first kappa shape index (κ1) is 19.9. The van der Waals surface area contributed by atoms with Gasteiger partial charge in [0.15, 0.2) is 0 Å². The van der Waals surface area contributed by atoms with Gasteiger partial charge in [0, 0.05) is 23.3 Å². The van der Waals surface area contributed by atoms with E-state index in [1.54, 1.807) is 6.20 Å². The molecular weight excluding hydrogens is 417 g/mol. The first-order valence-electron chi connectivity index (χ1n) is 11.2. The summed E-state index contributed by atoms with van der Waals surface area (Å²) in [6, 6.07) is 19.1. The van der Waals surface area contributed by atoms with Gasteiger partial charge in [-0.3, -0.25) is 9.78 Å². The third-order valence-corrected chi connectivity index (χ3v) is 6.95. The lowest BCUT2D eigenvalue weighted by molar-refractivity contribution is -0.138. The molecule has 1 N–H and O–H groups in total. The van der Waals surface area contributed by atoms with Crippen LogP contribution in [0.3, 0.4) is 0 Å². The van der Waals surface area contributed by atoms with Gasteiger partial charge >= 0.3 is 5.97 Å². The zero-order chi connectivity index (χ0) is 22.5. The van der Waals surface area contributed by atoms with Crippen LogP contribution in [0.15, 0.2) is 73.1 Å². The van der Waals surface area contributed by atoms with E-state index >= 15 is 4.39 Å². The molecule has 164 valence electrons. The van der Waals surface area contributed by atoms with Gasteiger partial charge in [0.05, 0.1) is 5.92 Å². The Morgan fingerprint density at radius 3 is 2.67 bits per heavy atom. The van der Waals surface area contributed by atoms with Crippen LogP contribution in [-0.2, 0) is 11.2 Å². The number of halogens is 1. The minimum absolute atomic E-state index is 0.0830. The highest BCUT2D eigenvalue weighted by Gasteiger charge is 2.44. The smallest absolute Gasteiger partial charge is 0.307 e. The maximum atomic E-state index is 15.0. The van der Waals surface area contributed by atoms with Crippen molar-refractivity contribution in [2.24, 2.45) is 5.92 Å². The van der Waals surface area contributed by atoms with Crippen LogP contribution in [0.2, 0.25) is 0 Å². The number of aliphatic carboxylic acids is 1. The van der Waals surface area contributed by atoms with Crippen LogP contribution < -0.4 is 4.74 Å². The Labute approximate surface area is 190 Å². The van der Waals surface area contributed by atoms with E-state index in [1.807, 2.05) is 54.7 Å². The Bertz CT molecular complexity index is 1380. The summed E-state index contributed by atoms with van der Waals surface area (Å²) in [5.74, 6) is -0.505. The van der Waals surface area contributed by atoms with Crippen molar-refractivity contribution in [3.05, 3.63) is 95.6 Å². The summed E-state index contributed by atoms with van der Waals surface area (Å²) >= 11 is 0. The quantitative estimate of drug-likeness (QED) is 0.397. The molecule has 0 radical (unpaired) electrons. The molecule has 1 aromatic heterocycles. The third-order valence-electron chi connectivity index (χ3n) is 6.95. The second-order valence-electron chi connectivity index (χ2n) is 8.89. The SMILES string of the molecule is O=C(O)C1CC1c1ccc(O[C@@H]2CCc3c(-c4cccc5cnccc45)ccc(F)c32)cc1. The molecule has 1 heterocycles. The van der Waals surface area contributed by atoms with Crippen LogP contribution >= 0.6 is 0 Å². The average molecular weight is 439 g/mol. The molecule has 4 nitrogen and oxygen atoms in total. The molecule has 0 aliphatic heterocycles. The average Bonchev–Trinajstić information content (AvgIpc) is 3.54. The van der Waals surface area contributed by atoms with Crippen LogP contribution in [0.1, 0.15) is 41.6 Å². The summed E-state index contributed by atoms with van der Waals surface area (Å²) in [4.78, 5) is 15.3. The fourth-order valence-electron chi connectivity index (χ4n) is 5.20. The zero-order valence-electron chi connectivity index (χ0n) is 17.9. The van der Waals surface area contributed by atoms with E-state index in [0.29, 0.717) is 24.2 Å². The number of nitrogens with zero attached hydrogens (tertiary/aromatic N) is 1. The second kappa shape index (κ2) is 7.69. The molecule has 1 saturated carbocycles. The molecule has 0 spiro atoms. The van der Waals surface area contributed by atoms with Gasteiger partial charge in [-0.2, -0.15) is 0 Å². The fourth-order valence-corrected chi connectivity index (χ4v) is 5.20. The van der Waals surface area contributed by atoms with Crippen molar-refractivity contribution < 1.29 is 19.0 Å². The van der Waals surface area contributed by atoms with Crippen molar-refractivity contribution in [3.8, 4) is 16.9 Å². The molecule has 6 rings (SSSR count). The van der Waals surface area contributed by atoms with Gasteiger partial charge in [0.2, 0.25) is 0 Å². The van der Waals surface area contributed by atoms with Crippen LogP contribution in [0.4, 0.5) is 4.39 Å². The van der Waals surface area contributed by atoms with E-state index in [4.69, 9.17) is 9.84 Å². The van der Waals surface area contributed by atoms with E-state index in [0.717, 1.165) is 39.4 Å². The lowest BCUT2D eigenvalue weighted by atomic mass is 9.93. The predicted molar refractivity (Wildman–Crippen MR) is 124 cm³/mol. The standard InChI is InChI=1S/C28H22FNO3/c29-25-10-8-21(20-3-1-2-17-15-30-13-12-19(17)20)22-9-11-26(27(22)25)33-18-6-4-16(5-7-18)23-14-24(23)28(31)32/h1-8,10,12-13,15,23-24,26H,9,11,14H2,(H,31,32)/t23?,24?,26-/m1/s1. The highest BCUT2D eigenvalue weighted by atomic mass is 19.1. The summed E-state index contributed by atoms with van der Waals surface area (Å²) in [7, 11) is 0. The third kappa shape index (κ3) is 3.44. The Hall–Kier alpha value is -3.73. The summed E-state index contributed by atoms with van der Waals surface area (Å²) in [6.07, 6.45) is 5.42. The summed E-state index contributed by atoms with van der Waals surface area (Å²) in [5, 5.41) is 11.3. The molecule has 3 aromatic carbocycles. The van der Waals surface area contributed by atoms with Crippen LogP contribution in [0.5, 0.6) is 5.75 Å². The van der Waals surface area contributed by atoms with Crippen molar-refractivity contribution in [1.29, 1.82) is 0 Å². The number of aromatic nitrogens is 1. The molecular formula is C28H22FNO3. The number of carboxylic acid groups (broad SMARTS) is 1. The van der Waals surface area contributed by atoms with Crippen molar-refractivity contribution in [2.45, 2.75) is 31.3 Å². The number of rotatable bonds is 5. The number of carboxylic acids is 1. The van der Waals surface area contributed by atoms with E-state index in [1.165, 1.54) is 6.07 Å². The molecule has 2 aliphatic rings. The van der Waals surface area contributed by atoms with Gasteiger partial charge in [-0.05, 0) is 77.1 Å². The second-order valence-corrected chi connectivity index (χ2v) is 8.89. The van der Waals surface area contributed by atoms with Gasteiger partial charge in [-0.15, -0.1) is 0 Å². The number of fused-ring (bicyclic) bond motifs is 2. The van der Waals surface area contributed by atoms with Gasteiger partial charge in [-0.1, -0.05) is 36.4 Å². The summed E-state index contributed by atoms with van der Waals surface area (Å²) in [6.45, 7) is 0. The van der Waals surface area contributed by atoms with E-state index < -0.39 is 5.97 Å². The number of hydrogen-bond donors (Lipinski definition) is 1. The highest BCUT2D eigenvalue weighted by Crippen LogP contribution is 2.48. The maximum absolute atomic E-state index is 15.0. The minimum atomic E-state index is -0.739. The molecule has 1 fully saturated rings. The molecule has 0 saturated heterocycles. The Morgan fingerprint density at radius 2 is 1.88 bits per heavy atom. The summed E-state index contributed by atoms with van der Waals surface area (Å²) < 4.78 is 21.2. The minimum Gasteiger partial charge on any atom is -0.486 e. The molecule has 2 unspecified atom stereocenters. The van der Waals surface area contributed by atoms with Crippen molar-refractivity contribution >= 4 is 16.7 Å². The number of hydrogen-bond acceptors (Lipinski definition) is 3. The zero-order valence-corrected chi connectivity index (χ0v) is 17.9. The molecule has 3 atom stereocenters. The van der Waals surface area contributed by atoms with Gasteiger partial charge in [0.1, 0.15) is 17.7 Å². The molecule has 0 amide bonds. The topological polar surface area (TPSA) is 59.4 Å². The van der Waals surface area contributed by atoms with E-state index in [-0.39, 0.29) is 23.8 Å². The largest absolute Gasteiger partial charge is 0.486 e. The van der Waals surface area contributed by atoms with Gasteiger partial charge in [-0.25, -0.2) is 4.39 Å². The molecule has 5 heteroatoms.